The van der Waals surface area contributed by atoms with Gasteiger partial charge in [0.2, 0.25) is 0 Å². The highest BCUT2D eigenvalue weighted by Crippen LogP contribution is 2.52. The lowest BCUT2D eigenvalue weighted by molar-refractivity contribution is 0.143. The average Bonchev–Trinajstić information content (AvgIpc) is 2.35. The summed E-state index contributed by atoms with van der Waals surface area (Å²) in [6, 6.07) is 9.85. The molecule has 0 aliphatic rings. The molecule has 5 nitrogen and oxygen atoms in total. The standard InChI is InChI=1S/C14H23N2O3PS/c1-11(2)18-20(17,19-12(3)4)16-14(15)21-10-13-8-6-5-7-9-13/h5-9,11-12H,10H2,1-4H3,(H2,15,16,17). The van der Waals surface area contributed by atoms with Gasteiger partial charge in [-0.25, -0.2) is 4.57 Å². The second kappa shape index (κ2) is 8.59. The molecule has 0 spiro atoms. The highest BCUT2D eigenvalue weighted by Gasteiger charge is 2.27. The van der Waals surface area contributed by atoms with E-state index in [-0.39, 0.29) is 17.4 Å². The van der Waals surface area contributed by atoms with Crippen LogP contribution in [0.15, 0.2) is 35.1 Å². The molecule has 0 atom stereocenters. The molecule has 0 aliphatic heterocycles. The van der Waals surface area contributed by atoms with Gasteiger partial charge in [-0.3, -0.25) is 9.05 Å². The maximum absolute atomic E-state index is 12.5. The topological polar surface area (TPSA) is 73.9 Å². The zero-order valence-electron chi connectivity index (χ0n) is 12.9. The smallest absolute Gasteiger partial charge is 0.378 e. The van der Waals surface area contributed by atoms with Crippen molar-refractivity contribution < 1.29 is 13.6 Å². The molecule has 0 amide bonds. The van der Waals surface area contributed by atoms with Crippen molar-refractivity contribution in [1.82, 2.24) is 0 Å². The Morgan fingerprint density at radius 1 is 1.19 bits per heavy atom. The summed E-state index contributed by atoms with van der Waals surface area (Å²) < 4.78 is 27.2. The lowest BCUT2D eigenvalue weighted by Crippen LogP contribution is -2.11. The summed E-state index contributed by atoms with van der Waals surface area (Å²) in [6.45, 7) is 7.11. The molecular weight excluding hydrogens is 307 g/mol. The Bertz CT molecular complexity index is 492. The first-order valence-corrected chi connectivity index (χ1v) is 9.28. The molecule has 0 heterocycles. The quantitative estimate of drug-likeness (QED) is 0.461. The van der Waals surface area contributed by atoms with E-state index < -0.39 is 7.75 Å². The minimum atomic E-state index is -3.57. The van der Waals surface area contributed by atoms with Gasteiger partial charge >= 0.3 is 7.75 Å². The first-order chi connectivity index (χ1) is 9.81. The Hall–Kier alpha value is -0.810. The highest BCUT2D eigenvalue weighted by molar-refractivity contribution is 8.13. The molecule has 1 aromatic rings. The van der Waals surface area contributed by atoms with Crippen LogP contribution in [-0.2, 0) is 19.4 Å². The zero-order chi connectivity index (χ0) is 15.9. The van der Waals surface area contributed by atoms with Crippen LogP contribution in [0.2, 0.25) is 0 Å². The van der Waals surface area contributed by atoms with Gasteiger partial charge in [-0.1, -0.05) is 42.1 Å². The molecule has 2 N–H and O–H groups in total. The van der Waals surface area contributed by atoms with Crippen molar-refractivity contribution in [3.63, 3.8) is 0 Å². The number of rotatable bonds is 7. The summed E-state index contributed by atoms with van der Waals surface area (Å²) in [6.07, 6.45) is -0.518. The van der Waals surface area contributed by atoms with Crippen LogP contribution in [-0.4, -0.2) is 17.4 Å². The van der Waals surface area contributed by atoms with E-state index in [4.69, 9.17) is 14.8 Å². The van der Waals surface area contributed by atoms with Crippen LogP contribution in [0.25, 0.3) is 0 Å². The van der Waals surface area contributed by atoms with Crippen LogP contribution in [0.3, 0.4) is 0 Å². The van der Waals surface area contributed by atoms with E-state index in [0.717, 1.165) is 5.56 Å². The number of hydrogen-bond acceptors (Lipinski definition) is 4. The number of thioether (sulfide) groups is 1. The summed E-state index contributed by atoms with van der Waals surface area (Å²) >= 11 is 1.31. The van der Waals surface area contributed by atoms with Gasteiger partial charge in [0.25, 0.3) is 0 Å². The van der Waals surface area contributed by atoms with Crippen molar-refractivity contribution in [2.45, 2.75) is 45.7 Å². The summed E-state index contributed by atoms with van der Waals surface area (Å²) in [5.41, 5.74) is 6.96. The molecule has 0 aromatic heterocycles. The molecule has 21 heavy (non-hydrogen) atoms. The van der Waals surface area contributed by atoms with Crippen LogP contribution in [0.4, 0.5) is 0 Å². The third-order valence-electron chi connectivity index (χ3n) is 2.14. The van der Waals surface area contributed by atoms with Crippen molar-refractivity contribution >= 4 is 24.7 Å². The molecule has 1 rings (SSSR count). The van der Waals surface area contributed by atoms with Crippen LogP contribution >= 0.6 is 19.5 Å². The third-order valence-corrected chi connectivity index (χ3v) is 4.98. The maximum atomic E-state index is 12.5. The summed E-state index contributed by atoms with van der Waals surface area (Å²) in [4.78, 5) is 0. The minimum Gasteiger partial charge on any atom is -0.378 e. The van der Waals surface area contributed by atoms with E-state index in [2.05, 4.69) is 4.76 Å². The van der Waals surface area contributed by atoms with Gasteiger partial charge in [-0.05, 0) is 33.3 Å². The largest absolute Gasteiger partial charge is 0.456 e. The maximum Gasteiger partial charge on any atom is 0.456 e. The molecule has 0 fully saturated rings. The second-order valence-corrected chi connectivity index (χ2v) is 7.54. The summed E-state index contributed by atoms with van der Waals surface area (Å²) in [7, 11) is -3.57. The van der Waals surface area contributed by atoms with Crippen molar-refractivity contribution in [2.24, 2.45) is 10.5 Å². The first kappa shape index (κ1) is 18.2. The number of nitrogens with zero attached hydrogens (tertiary/aromatic N) is 1. The third kappa shape index (κ3) is 7.67. The molecular formula is C14H23N2O3PS. The SMILES string of the molecule is CC(C)OP(=O)(/N=C(\N)SCc1ccccc1)OC(C)C. The van der Waals surface area contributed by atoms with Gasteiger partial charge in [0, 0.05) is 5.75 Å². The molecule has 1 aromatic carbocycles. The molecule has 0 radical (unpaired) electrons. The van der Waals surface area contributed by atoms with Crippen molar-refractivity contribution in [2.75, 3.05) is 0 Å². The van der Waals surface area contributed by atoms with Gasteiger partial charge in [0.1, 0.15) is 0 Å². The van der Waals surface area contributed by atoms with Crippen LogP contribution in [0.1, 0.15) is 33.3 Å². The number of nitrogens with two attached hydrogens (primary N) is 1. The minimum absolute atomic E-state index is 0.198. The van der Waals surface area contributed by atoms with E-state index in [0.29, 0.717) is 5.75 Å². The predicted octanol–water partition coefficient (Wildman–Crippen LogP) is 4.19. The summed E-state index contributed by atoms with van der Waals surface area (Å²) in [5, 5.41) is 0.198. The number of amidine groups is 1. The van der Waals surface area contributed by atoms with E-state index >= 15 is 0 Å². The molecule has 0 saturated heterocycles. The van der Waals surface area contributed by atoms with Gasteiger partial charge in [0.15, 0.2) is 5.17 Å². The van der Waals surface area contributed by atoms with Crippen LogP contribution in [0, 0.1) is 0 Å². The van der Waals surface area contributed by atoms with E-state index in [9.17, 15) is 4.57 Å². The lowest BCUT2D eigenvalue weighted by atomic mass is 10.2. The summed E-state index contributed by atoms with van der Waals surface area (Å²) in [5.74, 6) is 0.652. The van der Waals surface area contributed by atoms with Crippen LogP contribution < -0.4 is 5.73 Å². The number of benzene rings is 1. The monoisotopic (exact) mass is 330 g/mol. The van der Waals surface area contributed by atoms with E-state index in [1.54, 1.807) is 27.7 Å². The Labute approximate surface area is 130 Å². The highest BCUT2D eigenvalue weighted by atomic mass is 32.2. The Kier molecular flexibility index (Phi) is 7.46. The first-order valence-electron chi connectivity index (χ1n) is 6.80. The Morgan fingerprint density at radius 3 is 2.19 bits per heavy atom. The van der Waals surface area contributed by atoms with Crippen molar-refractivity contribution in [3.05, 3.63) is 35.9 Å². The van der Waals surface area contributed by atoms with Crippen molar-refractivity contribution in [1.29, 1.82) is 0 Å². The predicted molar refractivity (Wildman–Crippen MR) is 89.4 cm³/mol. The van der Waals surface area contributed by atoms with Gasteiger partial charge < -0.3 is 5.73 Å². The normalized spacial score (nSPS) is 13.1. The zero-order valence-corrected chi connectivity index (χ0v) is 14.6. The Morgan fingerprint density at radius 2 is 1.71 bits per heavy atom. The number of hydrogen-bond donors (Lipinski definition) is 1. The van der Waals surface area contributed by atoms with Crippen molar-refractivity contribution in [3.8, 4) is 0 Å². The van der Waals surface area contributed by atoms with Gasteiger partial charge in [-0.2, -0.15) is 4.76 Å². The Balaban J connectivity index is 2.72. The van der Waals surface area contributed by atoms with Crippen LogP contribution in [0.5, 0.6) is 0 Å². The van der Waals surface area contributed by atoms with Gasteiger partial charge in [-0.15, -0.1) is 0 Å². The average molecular weight is 330 g/mol. The fourth-order valence-electron chi connectivity index (χ4n) is 1.49. The molecule has 7 heteroatoms. The second-order valence-electron chi connectivity index (χ2n) is 4.99. The molecule has 0 aliphatic carbocycles. The molecule has 118 valence electrons. The van der Waals surface area contributed by atoms with E-state index in [1.807, 2.05) is 30.3 Å². The molecule has 0 unspecified atom stereocenters. The molecule has 0 bridgehead atoms. The van der Waals surface area contributed by atoms with E-state index in [1.165, 1.54) is 11.8 Å². The fraction of sp³-hybridized carbons (Fsp3) is 0.500. The fourth-order valence-corrected chi connectivity index (χ4v) is 3.97. The molecule has 0 saturated carbocycles. The lowest BCUT2D eigenvalue weighted by Gasteiger charge is -2.19. The van der Waals surface area contributed by atoms with Gasteiger partial charge in [0.05, 0.1) is 12.2 Å².